The van der Waals surface area contributed by atoms with E-state index in [-0.39, 0.29) is 11.8 Å². The number of anilines is 1. The van der Waals surface area contributed by atoms with Crippen LogP contribution in [-0.2, 0) is 10.9 Å². The van der Waals surface area contributed by atoms with Gasteiger partial charge in [-0.2, -0.15) is 17.6 Å². The Labute approximate surface area is 212 Å². The molecule has 1 amide bonds. The van der Waals surface area contributed by atoms with Gasteiger partial charge in [0.2, 0.25) is 11.6 Å². The number of halogens is 8. The van der Waals surface area contributed by atoms with Gasteiger partial charge in [-0.3, -0.25) is 4.79 Å². The summed E-state index contributed by atoms with van der Waals surface area (Å²) in [4.78, 5) is 31.7. The van der Waals surface area contributed by atoms with Gasteiger partial charge in [-0.05, 0) is 24.3 Å². The molecule has 1 aromatic heterocycles. The van der Waals surface area contributed by atoms with Crippen molar-refractivity contribution in [1.82, 2.24) is 9.97 Å². The Morgan fingerprint density at radius 1 is 0.872 bits per heavy atom. The van der Waals surface area contributed by atoms with Crippen molar-refractivity contribution in [3.05, 3.63) is 65.1 Å². The van der Waals surface area contributed by atoms with Crippen molar-refractivity contribution in [3.8, 4) is 23.0 Å². The first-order valence-electron chi connectivity index (χ1n) is 10.1. The van der Waals surface area contributed by atoms with Gasteiger partial charge < -0.3 is 24.3 Å². The molecular formula is C22H13F8N3O6. The number of aromatic nitrogens is 2. The average Bonchev–Trinajstić information content (AvgIpc) is 2.84. The number of ether oxygens (including phenoxy) is 4. The highest BCUT2D eigenvalue weighted by Crippen LogP contribution is 2.42. The number of hydrogen-bond acceptors (Lipinski definition) is 8. The molecule has 0 unspecified atom stereocenters. The lowest BCUT2D eigenvalue weighted by atomic mass is 10.1. The van der Waals surface area contributed by atoms with E-state index in [4.69, 9.17) is 4.74 Å². The SMILES string of the molecule is COC(=O)c1cc(NC(=O)c2c(Oc3ccc(OC(F)(F)F)c(F)c3OC)ccc(C(F)(F)F)c2F)ncn1. The predicted molar refractivity (Wildman–Crippen MR) is 112 cm³/mol. The van der Waals surface area contributed by atoms with Gasteiger partial charge in [0.15, 0.2) is 23.0 Å². The number of rotatable bonds is 7. The van der Waals surface area contributed by atoms with Crippen LogP contribution < -0.4 is 19.5 Å². The van der Waals surface area contributed by atoms with Crippen LogP contribution >= 0.6 is 0 Å². The molecule has 39 heavy (non-hydrogen) atoms. The molecule has 208 valence electrons. The Bertz CT molecular complexity index is 1410. The van der Waals surface area contributed by atoms with Crippen molar-refractivity contribution in [1.29, 1.82) is 0 Å². The number of methoxy groups -OCH3 is 2. The summed E-state index contributed by atoms with van der Waals surface area (Å²) in [6.45, 7) is 0. The van der Waals surface area contributed by atoms with E-state index in [9.17, 15) is 40.3 Å². The Morgan fingerprint density at radius 2 is 1.51 bits per heavy atom. The molecule has 1 N–H and O–H groups in total. The molecule has 0 spiro atoms. The van der Waals surface area contributed by atoms with E-state index >= 15 is 4.39 Å². The number of carbonyl (C=O) groups excluding carboxylic acids is 2. The maximum atomic E-state index is 15.0. The van der Waals surface area contributed by atoms with E-state index < -0.39 is 76.0 Å². The second-order valence-electron chi connectivity index (χ2n) is 7.09. The molecule has 2 aromatic carbocycles. The van der Waals surface area contributed by atoms with Crippen LogP contribution in [0.3, 0.4) is 0 Å². The van der Waals surface area contributed by atoms with Gasteiger partial charge in [-0.25, -0.2) is 19.2 Å². The van der Waals surface area contributed by atoms with Crippen molar-refractivity contribution >= 4 is 17.7 Å². The first-order chi connectivity index (χ1) is 18.2. The van der Waals surface area contributed by atoms with Gasteiger partial charge in [-0.1, -0.05) is 0 Å². The minimum absolute atomic E-state index is 0.214. The lowest BCUT2D eigenvalue weighted by Crippen LogP contribution is -2.20. The van der Waals surface area contributed by atoms with Crippen molar-refractivity contribution in [2.75, 3.05) is 19.5 Å². The van der Waals surface area contributed by atoms with Crippen LogP contribution in [0, 0.1) is 11.6 Å². The van der Waals surface area contributed by atoms with Gasteiger partial charge in [0.05, 0.1) is 19.8 Å². The molecule has 0 aliphatic rings. The third-order valence-corrected chi connectivity index (χ3v) is 4.61. The van der Waals surface area contributed by atoms with Crippen LogP contribution in [0.2, 0.25) is 0 Å². The largest absolute Gasteiger partial charge is 0.573 e. The van der Waals surface area contributed by atoms with Crippen LogP contribution in [0.15, 0.2) is 36.7 Å². The molecule has 3 aromatic rings. The van der Waals surface area contributed by atoms with Crippen molar-refractivity contribution in [2.24, 2.45) is 0 Å². The van der Waals surface area contributed by atoms with Crippen LogP contribution in [-0.4, -0.2) is 42.4 Å². The molecule has 0 atom stereocenters. The lowest BCUT2D eigenvalue weighted by Gasteiger charge is -2.18. The number of hydrogen-bond donors (Lipinski definition) is 1. The number of benzene rings is 2. The third-order valence-electron chi connectivity index (χ3n) is 4.61. The number of esters is 1. The van der Waals surface area contributed by atoms with E-state index in [1.807, 2.05) is 5.32 Å². The van der Waals surface area contributed by atoms with Gasteiger partial charge >= 0.3 is 18.5 Å². The number of nitrogens with one attached hydrogen (secondary N) is 1. The lowest BCUT2D eigenvalue weighted by molar-refractivity contribution is -0.275. The topological polar surface area (TPSA) is 109 Å². The summed E-state index contributed by atoms with van der Waals surface area (Å²) in [5.74, 6) is -10.9. The number of carbonyl (C=O) groups is 2. The molecule has 0 saturated carbocycles. The van der Waals surface area contributed by atoms with E-state index in [0.717, 1.165) is 26.6 Å². The van der Waals surface area contributed by atoms with Crippen LogP contribution in [0.5, 0.6) is 23.0 Å². The average molecular weight is 567 g/mol. The minimum atomic E-state index is -5.29. The third kappa shape index (κ3) is 6.60. The zero-order valence-electron chi connectivity index (χ0n) is 19.3. The Hall–Kier alpha value is -4.70. The standard InChI is InChI=1S/C22H13F8N3O6/c1-36-18-13(6-5-12(17(18)24)39-22(28,29)30)38-11-4-3-9(21(25,26)27)16(23)15(11)19(34)33-14-7-10(20(35)37-2)31-8-32-14/h3-8H,1-2H3,(H,31,32,33,34). The first kappa shape index (κ1) is 28.9. The minimum Gasteiger partial charge on any atom is -0.490 e. The molecule has 0 aliphatic heterocycles. The summed E-state index contributed by atoms with van der Waals surface area (Å²) in [6, 6.07) is 2.72. The highest BCUT2D eigenvalue weighted by molar-refractivity contribution is 6.06. The highest BCUT2D eigenvalue weighted by atomic mass is 19.4. The summed E-state index contributed by atoms with van der Waals surface area (Å²) >= 11 is 0. The summed E-state index contributed by atoms with van der Waals surface area (Å²) in [6.07, 6.45) is -9.77. The van der Waals surface area contributed by atoms with E-state index in [0.29, 0.717) is 18.2 Å². The van der Waals surface area contributed by atoms with Crippen LogP contribution in [0.1, 0.15) is 26.4 Å². The van der Waals surface area contributed by atoms with Gasteiger partial charge in [0, 0.05) is 6.07 Å². The highest BCUT2D eigenvalue weighted by Gasteiger charge is 2.38. The van der Waals surface area contributed by atoms with E-state index in [2.05, 4.69) is 24.2 Å². The van der Waals surface area contributed by atoms with Gasteiger partial charge in [-0.15, -0.1) is 13.2 Å². The molecule has 0 fully saturated rings. The number of alkyl halides is 6. The van der Waals surface area contributed by atoms with E-state index in [1.165, 1.54) is 0 Å². The summed E-state index contributed by atoms with van der Waals surface area (Å²) in [5, 5.41) is 1.96. The fraction of sp³-hybridized carbons (Fsp3) is 0.182. The smallest absolute Gasteiger partial charge is 0.490 e. The predicted octanol–water partition coefficient (Wildman–Crippen LogP) is 5.51. The first-order valence-corrected chi connectivity index (χ1v) is 10.1. The zero-order chi connectivity index (χ0) is 29.1. The fourth-order valence-corrected chi connectivity index (χ4v) is 3.01. The van der Waals surface area contributed by atoms with Crippen LogP contribution in [0.4, 0.5) is 40.9 Å². The van der Waals surface area contributed by atoms with Gasteiger partial charge in [0.1, 0.15) is 23.5 Å². The molecule has 9 nitrogen and oxygen atoms in total. The molecule has 1 heterocycles. The maximum absolute atomic E-state index is 15.0. The molecule has 0 bridgehead atoms. The molecule has 3 rings (SSSR count). The van der Waals surface area contributed by atoms with E-state index in [1.54, 1.807) is 0 Å². The maximum Gasteiger partial charge on any atom is 0.573 e. The van der Waals surface area contributed by atoms with Crippen molar-refractivity contribution < 1.29 is 63.7 Å². The summed E-state index contributed by atoms with van der Waals surface area (Å²) in [5.41, 5.74) is -3.61. The quantitative estimate of drug-likeness (QED) is 0.294. The fourth-order valence-electron chi connectivity index (χ4n) is 3.01. The Morgan fingerprint density at radius 3 is 2.10 bits per heavy atom. The Balaban J connectivity index is 2.08. The number of amides is 1. The molecule has 0 radical (unpaired) electrons. The molecule has 17 heteroatoms. The van der Waals surface area contributed by atoms with Gasteiger partial charge in [0.25, 0.3) is 5.91 Å². The second kappa shape index (κ2) is 11.0. The Kier molecular flexibility index (Phi) is 8.11. The normalized spacial score (nSPS) is 11.5. The number of nitrogens with zero attached hydrogens (tertiary/aromatic N) is 2. The monoisotopic (exact) mass is 567 g/mol. The van der Waals surface area contributed by atoms with Crippen molar-refractivity contribution in [2.45, 2.75) is 12.5 Å². The summed E-state index contributed by atoms with van der Waals surface area (Å²) < 4.78 is 125. The van der Waals surface area contributed by atoms with Crippen molar-refractivity contribution in [3.63, 3.8) is 0 Å². The second-order valence-corrected chi connectivity index (χ2v) is 7.09. The molecule has 0 aliphatic carbocycles. The molecule has 0 saturated heterocycles. The zero-order valence-corrected chi connectivity index (χ0v) is 19.3. The molecular weight excluding hydrogens is 554 g/mol. The summed E-state index contributed by atoms with van der Waals surface area (Å²) in [7, 11) is 1.83. The van der Waals surface area contributed by atoms with Crippen LogP contribution in [0.25, 0.3) is 0 Å².